The van der Waals surface area contributed by atoms with Gasteiger partial charge in [-0.1, -0.05) is 30.3 Å². The minimum atomic E-state index is -0.305. The Morgan fingerprint density at radius 1 is 1.04 bits per heavy atom. The Hall–Kier alpha value is -2.36. The molecule has 0 radical (unpaired) electrons. The molecule has 0 unspecified atom stereocenters. The smallest absolute Gasteiger partial charge is 0.198 e. The summed E-state index contributed by atoms with van der Waals surface area (Å²) in [4.78, 5) is 0. The van der Waals surface area contributed by atoms with E-state index in [2.05, 4.69) is 23.2 Å². The van der Waals surface area contributed by atoms with Crippen LogP contribution < -0.4 is 4.74 Å². The molecule has 2 aliphatic heterocycles. The molecule has 2 aromatic rings. The third kappa shape index (κ3) is 1.98. The SMILES string of the molecule is Fc1ccc(C2=NN3[C@H](C2)c2ccccc2OC32CCCC2)cc1. The predicted molar refractivity (Wildman–Crippen MR) is 90.4 cm³/mol. The summed E-state index contributed by atoms with van der Waals surface area (Å²) < 4.78 is 19.7. The number of fused-ring (bicyclic) bond motifs is 4. The quantitative estimate of drug-likeness (QED) is 0.764. The van der Waals surface area contributed by atoms with Crippen molar-refractivity contribution in [3.05, 3.63) is 65.5 Å². The highest BCUT2D eigenvalue weighted by Gasteiger charge is 2.51. The molecule has 0 amide bonds. The van der Waals surface area contributed by atoms with Crippen molar-refractivity contribution in [1.29, 1.82) is 0 Å². The van der Waals surface area contributed by atoms with Crippen LogP contribution in [0, 0.1) is 5.82 Å². The van der Waals surface area contributed by atoms with E-state index in [0.29, 0.717) is 0 Å². The van der Waals surface area contributed by atoms with Crippen LogP contribution in [0.15, 0.2) is 53.6 Å². The van der Waals surface area contributed by atoms with E-state index in [4.69, 9.17) is 9.84 Å². The minimum absolute atomic E-state index is 0.212. The number of para-hydroxylation sites is 1. The topological polar surface area (TPSA) is 24.8 Å². The van der Waals surface area contributed by atoms with Crippen LogP contribution in [0.1, 0.15) is 49.3 Å². The maximum Gasteiger partial charge on any atom is 0.198 e. The third-order valence-electron chi connectivity index (χ3n) is 5.47. The largest absolute Gasteiger partial charge is 0.466 e. The zero-order valence-corrected chi connectivity index (χ0v) is 13.4. The highest BCUT2D eigenvalue weighted by molar-refractivity contribution is 6.01. The molecule has 3 aliphatic rings. The molecule has 4 heteroatoms. The fourth-order valence-corrected chi connectivity index (χ4v) is 4.30. The van der Waals surface area contributed by atoms with Gasteiger partial charge in [-0.05, 0) is 36.6 Å². The highest BCUT2D eigenvalue weighted by atomic mass is 19.1. The van der Waals surface area contributed by atoms with E-state index in [-0.39, 0.29) is 17.6 Å². The standard InChI is InChI=1S/C20H19FN2O/c21-15-9-7-14(8-10-15)17-13-18-16-5-1-2-6-19(16)24-20(23(18)22-17)11-3-4-12-20/h1-2,5-10,18H,3-4,11-13H2/t18-/m1/s1. The van der Waals surface area contributed by atoms with Gasteiger partial charge in [0.15, 0.2) is 5.72 Å². The molecule has 3 nitrogen and oxygen atoms in total. The molecular weight excluding hydrogens is 303 g/mol. The van der Waals surface area contributed by atoms with Gasteiger partial charge >= 0.3 is 0 Å². The van der Waals surface area contributed by atoms with Crippen LogP contribution in [-0.2, 0) is 0 Å². The zero-order chi connectivity index (χ0) is 16.1. The number of hydrogen-bond acceptors (Lipinski definition) is 3. The number of benzene rings is 2. The Balaban J connectivity index is 1.59. The summed E-state index contributed by atoms with van der Waals surface area (Å²) in [5.74, 6) is 0.784. The molecular formula is C20H19FN2O. The number of ether oxygens (including phenoxy) is 1. The molecule has 0 bridgehead atoms. The van der Waals surface area contributed by atoms with Crippen molar-refractivity contribution in [2.45, 2.75) is 43.9 Å². The first-order chi connectivity index (χ1) is 11.8. The van der Waals surface area contributed by atoms with E-state index in [1.165, 1.54) is 30.5 Å². The van der Waals surface area contributed by atoms with Crippen molar-refractivity contribution in [1.82, 2.24) is 5.01 Å². The number of hydrogen-bond donors (Lipinski definition) is 0. The Kier molecular flexibility index (Phi) is 2.96. The maximum absolute atomic E-state index is 13.2. The molecule has 0 saturated heterocycles. The van der Waals surface area contributed by atoms with Gasteiger partial charge in [-0.25, -0.2) is 9.40 Å². The molecule has 0 N–H and O–H groups in total. The summed E-state index contributed by atoms with van der Waals surface area (Å²) in [5.41, 5.74) is 2.92. The van der Waals surface area contributed by atoms with E-state index in [1.54, 1.807) is 0 Å². The molecule has 2 heterocycles. The van der Waals surface area contributed by atoms with Gasteiger partial charge in [0.05, 0.1) is 11.8 Å². The summed E-state index contributed by atoms with van der Waals surface area (Å²) >= 11 is 0. The van der Waals surface area contributed by atoms with Gasteiger partial charge in [-0.15, -0.1) is 0 Å². The lowest BCUT2D eigenvalue weighted by atomic mass is 9.94. The second-order valence-electron chi connectivity index (χ2n) is 6.91. The fourth-order valence-electron chi connectivity index (χ4n) is 4.30. The van der Waals surface area contributed by atoms with E-state index in [1.807, 2.05) is 18.2 Å². The molecule has 1 aliphatic carbocycles. The lowest BCUT2D eigenvalue weighted by Gasteiger charge is -2.45. The van der Waals surface area contributed by atoms with Crippen molar-refractivity contribution in [2.24, 2.45) is 5.10 Å². The lowest BCUT2D eigenvalue weighted by Crippen LogP contribution is -2.51. The predicted octanol–water partition coefficient (Wildman–Crippen LogP) is 4.64. The van der Waals surface area contributed by atoms with Crippen molar-refractivity contribution >= 4 is 5.71 Å². The van der Waals surface area contributed by atoms with Gasteiger partial charge in [0, 0.05) is 24.8 Å². The number of nitrogens with zero attached hydrogens (tertiary/aromatic N) is 2. The molecule has 2 aromatic carbocycles. The lowest BCUT2D eigenvalue weighted by molar-refractivity contribution is -0.114. The minimum Gasteiger partial charge on any atom is -0.466 e. The average molecular weight is 322 g/mol. The molecule has 1 fully saturated rings. The van der Waals surface area contributed by atoms with E-state index in [0.717, 1.165) is 36.3 Å². The van der Waals surface area contributed by atoms with E-state index in [9.17, 15) is 4.39 Å². The number of rotatable bonds is 1. The van der Waals surface area contributed by atoms with Crippen LogP contribution in [0.3, 0.4) is 0 Å². The second-order valence-corrected chi connectivity index (χ2v) is 6.91. The summed E-state index contributed by atoms with van der Waals surface area (Å²) in [6.45, 7) is 0. The van der Waals surface area contributed by atoms with Crippen LogP contribution in [0.5, 0.6) is 5.75 Å². The molecule has 24 heavy (non-hydrogen) atoms. The van der Waals surface area contributed by atoms with Gasteiger partial charge in [-0.3, -0.25) is 0 Å². The van der Waals surface area contributed by atoms with Crippen LogP contribution in [-0.4, -0.2) is 16.4 Å². The van der Waals surface area contributed by atoms with Crippen LogP contribution in [0.2, 0.25) is 0 Å². The first-order valence-electron chi connectivity index (χ1n) is 8.66. The summed E-state index contributed by atoms with van der Waals surface area (Å²) in [6, 6.07) is 15.2. The average Bonchev–Trinajstić information content (AvgIpc) is 3.24. The summed E-state index contributed by atoms with van der Waals surface area (Å²) in [5, 5.41) is 7.14. The van der Waals surface area contributed by atoms with Gasteiger partial charge in [-0.2, -0.15) is 5.10 Å². The van der Waals surface area contributed by atoms with Crippen molar-refractivity contribution in [2.75, 3.05) is 0 Å². The van der Waals surface area contributed by atoms with Gasteiger partial charge in [0.25, 0.3) is 0 Å². The van der Waals surface area contributed by atoms with Crippen molar-refractivity contribution in [3.8, 4) is 5.75 Å². The van der Waals surface area contributed by atoms with Gasteiger partial charge in [0.2, 0.25) is 0 Å². The molecule has 122 valence electrons. The first-order valence-corrected chi connectivity index (χ1v) is 8.66. The maximum atomic E-state index is 13.2. The van der Waals surface area contributed by atoms with E-state index < -0.39 is 0 Å². The van der Waals surface area contributed by atoms with E-state index >= 15 is 0 Å². The molecule has 5 rings (SSSR count). The van der Waals surface area contributed by atoms with Crippen LogP contribution in [0.25, 0.3) is 0 Å². The molecule has 0 aromatic heterocycles. The van der Waals surface area contributed by atoms with Crippen molar-refractivity contribution in [3.63, 3.8) is 0 Å². The second kappa shape index (κ2) is 5.07. The zero-order valence-electron chi connectivity index (χ0n) is 13.4. The summed E-state index contributed by atoms with van der Waals surface area (Å²) in [6.07, 6.45) is 5.21. The monoisotopic (exact) mass is 322 g/mol. The normalized spacial score (nSPS) is 23.6. The van der Waals surface area contributed by atoms with Gasteiger partial charge in [0.1, 0.15) is 11.6 Å². The molecule has 1 spiro atoms. The highest BCUT2D eigenvalue weighted by Crippen LogP contribution is 2.51. The number of hydrazone groups is 1. The Labute approximate surface area is 140 Å². The first kappa shape index (κ1) is 14.0. The van der Waals surface area contributed by atoms with Crippen molar-refractivity contribution < 1.29 is 9.13 Å². The number of halogens is 1. The Morgan fingerprint density at radius 2 is 1.79 bits per heavy atom. The van der Waals surface area contributed by atoms with Crippen LogP contribution >= 0.6 is 0 Å². The molecule has 1 saturated carbocycles. The van der Waals surface area contributed by atoms with Gasteiger partial charge < -0.3 is 4.74 Å². The third-order valence-corrected chi connectivity index (χ3v) is 5.47. The fraction of sp³-hybridized carbons (Fsp3) is 0.350. The summed E-state index contributed by atoms with van der Waals surface area (Å²) in [7, 11) is 0. The van der Waals surface area contributed by atoms with Crippen LogP contribution in [0.4, 0.5) is 4.39 Å². The Morgan fingerprint density at radius 3 is 2.58 bits per heavy atom. The Bertz CT molecular complexity index is 809. The molecule has 1 atom stereocenters.